The molecule has 0 aliphatic carbocycles. The maximum Gasteiger partial charge on any atom is 0.175 e. The second kappa shape index (κ2) is 4.89. The normalized spacial score (nSPS) is 11.7. The number of aryl methyl sites for hydroxylation is 1. The van der Waals surface area contributed by atoms with Crippen LogP contribution in [-0.4, -0.2) is 29.6 Å². The van der Waals surface area contributed by atoms with Crippen molar-refractivity contribution < 1.29 is 8.42 Å². The van der Waals surface area contributed by atoms with Gasteiger partial charge in [-0.15, -0.1) is 0 Å². The lowest BCUT2D eigenvalue weighted by Gasteiger charge is -2.04. The van der Waals surface area contributed by atoms with Crippen LogP contribution in [0.15, 0.2) is 47.5 Å². The van der Waals surface area contributed by atoms with Gasteiger partial charge in [0.15, 0.2) is 21.3 Å². The molecule has 2 aromatic heterocycles. The largest absolute Gasteiger partial charge is 0.236 e. The van der Waals surface area contributed by atoms with Crippen LogP contribution in [0.25, 0.3) is 22.4 Å². The number of hydrogen-bond acceptors (Lipinski definition) is 5. The van der Waals surface area contributed by atoms with Gasteiger partial charge in [-0.3, -0.25) is 0 Å². The lowest BCUT2D eigenvalue weighted by molar-refractivity contribution is 0.602. The summed E-state index contributed by atoms with van der Waals surface area (Å²) in [5.41, 5.74) is 2.13. The highest BCUT2D eigenvalue weighted by atomic mass is 32.2. The summed E-state index contributed by atoms with van der Waals surface area (Å²) in [5, 5.41) is 0.851. The molecular formula is C15H13N3O2S. The van der Waals surface area contributed by atoms with Gasteiger partial charge in [0.25, 0.3) is 0 Å². The summed E-state index contributed by atoms with van der Waals surface area (Å²) in [6.07, 6.45) is 2.87. The third-order valence-corrected chi connectivity index (χ3v) is 4.21. The maximum absolute atomic E-state index is 11.6. The van der Waals surface area contributed by atoms with Crippen LogP contribution in [0.3, 0.4) is 0 Å². The third kappa shape index (κ3) is 2.75. The van der Waals surface area contributed by atoms with Gasteiger partial charge in [0, 0.05) is 29.1 Å². The Bertz CT molecular complexity index is 937. The molecule has 21 heavy (non-hydrogen) atoms. The second-order valence-electron chi connectivity index (χ2n) is 4.86. The molecule has 6 heteroatoms. The van der Waals surface area contributed by atoms with Crippen molar-refractivity contribution in [2.24, 2.45) is 0 Å². The average Bonchev–Trinajstić information content (AvgIpc) is 2.45. The number of aromatic nitrogens is 3. The van der Waals surface area contributed by atoms with Gasteiger partial charge in [-0.2, -0.15) is 0 Å². The van der Waals surface area contributed by atoms with Gasteiger partial charge >= 0.3 is 0 Å². The molecule has 0 saturated heterocycles. The van der Waals surface area contributed by atoms with Gasteiger partial charge in [-0.25, -0.2) is 23.4 Å². The lowest BCUT2D eigenvalue weighted by atomic mass is 10.2. The van der Waals surface area contributed by atoms with Gasteiger partial charge in [0.05, 0.1) is 4.90 Å². The monoisotopic (exact) mass is 299 g/mol. The van der Waals surface area contributed by atoms with Crippen molar-refractivity contribution >= 4 is 20.9 Å². The van der Waals surface area contributed by atoms with E-state index in [0.717, 1.165) is 11.1 Å². The zero-order valence-corrected chi connectivity index (χ0v) is 12.4. The SMILES string of the molecule is Cc1ccc2cnc(-c3cccc(S(C)(=O)=O)c3)nc2n1. The standard InChI is InChI=1S/C15H13N3O2S/c1-10-6-7-12-9-16-14(18-15(12)17-10)11-4-3-5-13(8-11)21(2,19)20/h3-9H,1-2H3. The first kappa shape index (κ1) is 13.6. The van der Waals surface area contributed by atoms with Crippen LogP contribution >= 0.6 is 0 Å². The van der Waals surface area contributed by atoms with Crippen molar-refractivity contribution in [1.82, 2.24) is 15.0 Å². The van der Waals surface area contributed by atoms with Crippen LogP contribution in [0.1, 0.15) is 5.69 Å². The molecule has 0 aliphatic rings. The van der Waals surface area contributed by atoms with Gasteiger partial charge in [-0.1, -0.05) is 12.1 Å². The van der Waals surface area contributed by atoms with E-state index in [1.54, 1.807) is 30.5 Å². The Hall–Kier alpha value is -2.34. The first-order valence-electron chi connectivity index (χ1n) is 6.34. The number of nitrogens with zero attached hydrogens (tertiary/aromatic N) is 3. The molecule has 5 nitrogen and oxygen atoms in total. The summed E-state index contributed by atoms with van der Waals surface area (Å²) in [5.74, 6) is 0.464. The molecule has 0 saturated carbocycles. The number of pyridine rings is 1. The van der Waals surface area contributed by atoms with E-state index in [-0.39, 0.29) is 4.90 Å². The van der Waals surface area contributed by atoms with Crippen LogP contribution in [0, 0.1) is 6.92 Å². The molecule has 0 unspecified atom stereocenters. The molecule has 1 aromatic carbocycles. The zero-order valence-electron chi connectivity index (χ0n) is 11.6. The fourth-order valence-corrected chi connectivity index (χ4v) is 2.68. The zero-order chi connectivity index (χ0) is 15.0. The molecule has 0 aliphatic heterocycles. The highest BCUT2D eigenvalue weighted by molar-refractivity contribution is 7.90. The van der Waals surface area contributed by atoms with E-state index in [1.165, 1.54) is 6.26 Å². The van der Waals surface area contributed by atoms with E-state index < -0.39 is 9.84 Å². The Morgan fingerprint density at radius 1 is 1.05 bits per heavy atom. The molecule has 106 valence electrons. The number of hydrogen-bond donors (Lipinski definition) is 0. The van der Waals surface area contributed by atoms with Gasteiger partial charge < -0.3 is 0 Å². The van der Waals surface area contributed by atoms with Gasteiger partial charge in [0.1, 0.15) is 0 Å². The van der Waals surface area contributed by atoms with Crippen LogP contribution in [-0.2, 0) is 9.84 Å². The smallest absolute Gasteiger partial charge is 0.175 e. The van der Waals surface area contributed by atoms with E-state index in [2.05, 4.69) is 15.0 Å². The Morgan fingerprint density at radius 2 is 1.86 bits per heavy atom. The molecule has 3 aromatic rings. The minimum Gasteiger partial charge on any atom is -0.236 e. The molecule has 0 spiro atoms. The topological polar surface area (TPSA) is 72.8 Å². The molecular weight excluding hydrogens is 286 g/mol. The summed E-state index contributed by atoms with van der Waals surface area (Å²) in [6, 6.07) is 10.4. The summed E-state index contributed by atoms with van der Waals surface area (Å²) < 4.78 is 23.2. The Balaban J connectivity index is 2.16. The van der Waals surface area contributed by atoms with E-state index in [9.17, 15) is 8.42 Å². The molecule has 0 atom stereocenters. The maximum atomic E-state index is 11.6. The predicted octanol–water partition coefficient (Wildman–Crippen LogP) is 2.40. The second-order valence-corrected chi connectivity index (χ2v) is 6.87. The van der Waals surface area contributed by atoms with E-state index in [4.69, 9.17) is 0 Å². The van der Waals surface area contributed by atoms with Gasteiger partial charge in [0.2, 0.25) is 0 Å². The summed E-state index contributed by atoms with van der Waals surface area (Å²) >= 11 is 0. The molecule has 0 radical (unpaired) electrons. The number of benzene rings is 1. The van der Waals surface area contributed by atoms with Crippen molar-refractivity contribution in [2.45, 2.75) is 11.8 Å². The Kier molecular flexibility index (Phi) is 3.17. The number of sulfone groups is 1. The first-order chi connectivity index (χ1) is 9.93. The molecule has 0 amide bonds. The summed E-state index contributed by atoms with van der Waals surface area (Å²) in [4.78, 5) is 13.3. The quantitative estimate of drug-likeness (QED) is 0.726. The third-order valence-electron chi connectivity index (χ3n) is 3.10. The minimum absolute atomic E-state index is 0.251. The van der Waals surface area contributed by atoms with Crippen molar-refractivity contribution in [1.29, 1.82) is 0 Å². The van der Waals surface area contributed by atoms with Crippen molar-refractivity contribution in [2.75, 3.05) is 6.26 Å². The Morgan fingerprint density at radius 3 is 2.62 bits per heavy atom. The highest BCUT2D eigenvalue weighted by Crippen LogP contribution is 2.21. The van der Waals surface area contributed by atoms with E-state index in [1.807, 2.05) is 19.1 Å². The van der Waals surface area contributed by atoms with E-state index >= 15 is 0 Å². The first-order valence-corrected chi connectivity index (χ1v) is 8.23. The average molecular weight is 299 g/mol. The van der Waals surface area contributed by atoms with E-state index in [0.29, 0.717) is 17.0 Å². The predicted molar refractivity (Wildman–Crippen MR) is 80.6 cm³/mol. The summed E-state index contributed by atoms with van der Waals surface area (Å²) in [7, 11) is -3.25. The Labute approximate surface area is 122 Å². The lowest BCUT2D eigenvalue weighted by Crippen LogP contribution is -1.98. The van der Waals surface area contributed by atoms with Crippen LogP contribution in [0.5, 0.6) is 0 Å². The highest BCUT2D eigenvalue weighted by Gasteiger charge is 2.10. The van der Waals surface area contributed by atoms with Crippen LogP contribution in [0.4, 0.5) is 0 Å². The van der Waals surface area contributed by atoms with Crippen LogP contribution < -0.4 is 0 Å². The summed E-state index contributed by atoms with van der Waals surface area (Å²) in [6.45, 7) is 1.89. The minimum atomic E-state index is -3.25. The van der Waals surface area contributed by atoms with Crippen molar-refractivity contribution in [3.05, 3.63) is 48.3 Å². The molecule has 3 rings (SSSR count). The van der Waals surface area contributed by atoms with Crippen molar-refractivity contribution in [3.8, 4) is 11.4 Å². The molecule has 0 fully saturated rings. The van der Waals surface area contributed by atoms with Crippen LogP contribution in [0.2, 0.25) is 0 Å². The fraction of sp³-hybridized carbons (Fsp3) is 0.133. The number of rotatable bonds is 2. The number of fused-ring (bicyclic) bond motifs is 1. The molecule has 2 heterocycles. The van der Waals surface area contributed by atoms with Crippen molar-refractivity contribution in [3.63, 3.8) is 0 Å². The van der Waals surface area contributed by atoms with Gasteiger partial charge in [-0.05, 0) is 31.2 Å². The molecule has 0 bridgehead atoms. The molecule has 0 N–H and O–H groups in total. The fourth-order valence-electron chi connectivity index (χ4n) is 2.01.